The van der Waals surface area contributed by atoms with Gasteiger partial charge in [-0.25, -0.2) is 0 Å². The molecule has 4 nitrogen and oxygen atoms in total. The Bertz CT molecular complexity index is 1120. The number of carbonyl (C=O) groups excluding carboxylic acids is 1. The highest BCUT2D eigenvalue weighted by molar-refractivity contribution is 7.80. The fourth-order valence-electron chi connectivity index (χ4n) is 3.39. The van der Waals surface area contributed by atoms with E-state index in [1.165, 1.54) is 5.56 Å². The van der Waals surface area contributed by atoms with E-state index >= 15 is 0 Å². The Kier molecular flexibility index (Phi) is 7.88. The highest BCUT2D eigenvalue weighted by Crippen LogP contribution is 2.23. The molecule has 0 amide bonds. The van der Waals surface area contributed by atoms with E-state index < -0.39 is 0 Å². The van der Waals surface area contributed by atoms with Crippen LogP contribution in [0, 0.1) is 6.92 Å². The summed E-state index contributed by atoms with van der Waals surface area (Å²) < 4.78 is 5.88. The van der Waals surface area contributed by atoms with Gasteiger partial charge >= 0.3 is 0 Å². The topological polar surface area (TPSA) is 50.4 Å². The second-order valence-corrected chi connectivity index (χ2v) is 9.72. The molecule has 5 heteroatoms. The molecule has 0 aromatic heterocycles. The van der Waals surface area contributed by atoms with Crippen LogP contribution in [0.15, 0.2) is 72.8 Å². The Hall–Kier alpha value is -3.18. The number of ketones is 1. The lowest BCUT2D eigenvalue weighted by atomic mass is 9.86. The maximum Gasteiger partial charge on any atom is 0.193 e. The molecular formula is C28H32N2O2S. The molecule has 0 heterocycles. The van der Waals surface area contributed by atoms with Gasteiger partial charge in [0, 0.05) is 16.8 Å². The molecule has 0 spiro atoms. The molecule has 3 aromatic rings. The normalized spacial score (nSPS) is 12.0. The molecule has 3 rings (SSSR count). The standard InChI is InChI=1S/C28H32N2O2S/c1-19-9-6-7-12-25(19)32-18-20(2)29-27(33)30-24-11-8-10-22(17-24)26(31)21-13-15-23(16-14-21)28(3,4)5/h6-17,20H,18H2,1-5H3,(H2,29,30,33)/t20-/m1/s1. The van der Waals surface area contributed by atoms with Crippen LogP contribution >= 0.6 is 12.2 Å². The van der Waals surface area contributed by atoms with Gasteiger partial charge in [-0.1, -0.05) is 75.4 Å². The number of hydrogen-bond donors (Lipinski definition) is 2. The van der Waals surface area contributed by atoms with Crippen molar-refractivity contribution >= 4 is 28.8 Å². The minimum absolute atomic E-state index is 0.00996. The largest absolute Gasteiger partial charge is 0.491 e. The van der Waals surface area contributed by atoms with E-state index in [2.05, 4.69) is 31.4 Å². The van der Waals surface area contributed by atoms with Crippen LogP contribution in [0.1, 0.15) is 54.7 Å². The van der Waals surface area contributed by atoms with Crippen LogP contribution in [-0.2, 0) is 5.41 Å². The van der Waals surface area contributed by atoms with E-state index in [-0.39, 0.29) is 17.2 Å². The van der Waals surface area contributed by atoms with Crippen LogP contribution in [0.2, 0.25) is 0 Å². The summed E-state index contributed by atoms with van der Waals surface area (Å²) >= 11 is 5.46. The third-order valence-electron chi connectivity index (χ3n) is 5.36. The minimum atomic E-state index is -0.0158. The number of thiocarbonyl (C=S) groups is 1. The Morgan fingerprint density at radius 3 is 2.33 bits per heavy atom. The summed E-state index contributed by atoms with van der Waals surface area (Å²) in [5, 5.41) is 6.88. The molecule has 0 unspecified atom stereocenters. The molecule has 0 aliphatic heterocycles. The molecular weight excluding hydrogens is 428 g/mol. The summed E-state index contributed by atoms with van der Waals surface area (Å²) in [5.41, 5.74) is 4.39. The first-order chi connectivity index (χ1) is 15.6. The van der Waals surface area contributed by atoms with Crippen molar-refractivity contribution in [3.63, 3.8) is 0 Å². The molecule has 2 N–H and O–H groups in total. The molecule has 0 saturated carbocycles. The second-order valence-electron chi connectivity index (χ2n) is 9.31. The van der Waals surface area contributed by atoms with Crippen molar-refractivity contribution in [2.75, 3.05) is 11.9 Å². The van der Waals surface area contributed by atoms with E-state index in [0.717, 1.165) is 17.0 Å². The molecule has 0 fully saturated rings. The zero-order valence-corrected chi connectivity index (χ0v) is 20.8. The van der Waals surface area contributed by atoms with Crippen LogP contribution in [-0.4, -0.2) is 23.5 Å². The lowest BCUT2D eigenvalue weighted by Crippen LogP contribution is -2.39. The van der Waals surface area contributed by atoms with Crippen molar-refractivity contribution in [3.05, 3.63) is 95.1 Å². The van der Waals surface area contributed by atoms with Crippen molar-refractivity contribution in [2.45, 2.75) is 46.1 Å². The van der Waals surface area contributed by atoms with E-state index in [1.54, 1.807) is 0 Å². The van der Waals surface area contributed by atoms with E-state index in [4.69, 9.17) is 17.0 Å². The highest BCUT2D eigenvalue weighted by atomic mass is 32.1. The zero-order valence-electron chi connectivity index (χ0n) is 19.9. The van der Waals surface area contributed by atoms with E-state index in [9.17, 15) is 4.79 Å². The van der Waals surface area contributed by atoms with Gasteiger partial charge < -0.3 is 15.4 Å². The zero-order chi connectivity index (χ0) is 24.0. The maximum atomic E-state index is 13.0. The first kappa shape index (κ1) is 24.5. The lowest BCUT2D eigenvalue weighted by Gasteiger charge is -2.19. The number of ether oxygens (including phenoxy) is 1. The van der Waals surface area contributed by atoms with E-state index in [0.29, 0.717) is 22.8 Å². The summed E-state index contributed by atoms with van der Waals surface area (Å²) in [7, 11) is 0. The maximum absolute atomic E-state index is 13.0. The first-order valence-electron chi connectivity index (χ1n) is 11.1. The first-order valence-corrected chi connectivity index (χ1v) is 11.6. The van der Waals surface area contributed by atoms with Gasteiger partial charge in [0.05, 0.1) is 6.04 Å². The van der Waals surface area contributed by atoms with Crippen molar-refractivity contribution in [1.29, 1.82) is 0 Å². The number of aryl methyl sites for hydroxylation is 1. The number of anilines is 1. The molecule has 1 atom stereocenters. The van der Waals surface area contributed by atoms with Gasteiger partial charge in [0.1, 0.15) is 12.4 Å². The summed E-state index contributed by atoms with van der Waals surface area (Å²) in [6.45, 7) is 11.0. The smallest absolute Gasteiger partial charge is 0.193 e. The third-order valence-corrected chi connectivity index (χ3v) is 5.58. The monoisotopic (exact) mass is 460 g/mol. The van der Waals surface area contributed by atoms with Gasteiger partial charge in [0.25, 0.3) is 0 Å². The SMILES string of the molecule is Cc1ccccc1OC[C@@H](C)NC(=S)Nc1cccc(C(=O)c2ccc(C(C)(C)C)cc2)c1. The molecule has 0 radical (unpaired) electrons. The van der Waals surface area contributed by atoms with Crippen molar-refractivity contribution in [3.8, 4) is 5.75 Å². The lowest BCUT2D eigenvalue weighted by molar-refractivity contribution is 0.103. The van der Waals surface area contributed by atoms with Gasteiger partial charge in [0.2, 0.25) is 0 Å². The second kappa shape index (κ2) is 10.6. The number of rotatable bonds is 7. The van der Waals surface area contributed by atoms with Crippen LogP contribution < -0.4 is 15.4 Å². The van der Waals surface area contributed by atoms with Crippen molar-refractivity contribution < 1.29 is 9.53 Å². The van der Waals surface area contributed by atoms with Gasteiger partial charge in [-0.05, 0) is 60.8 Å². The third kappa shape index (κ3) is 6.90. The molecule has 172 valence electrons. The van der Waals surface area contributed by atoms with Gasteiger partial charge in [-0.15, -0.1) is 0 Å². The summed E-state index contributed by atoms with van der Waals surface area (Å²) in [6.07, 6.45) is 0. The Labute approximate surface area is 202 Å². The van der Waals surface area contributed by atoms with E-state index in [1.807, 2.05) is 86.6 Å². The Balaban J connectivity index is 1.58. The summed E-state index contributed by atoms with van der Waals surface area (Å²) in [5.74, 6) is 0.852. The molecule has 0 bridgehead atoms. The molecule has 33 heavy (non-hydrogen) atoms. The Morgan fingerprint density at radius 1 is 0.970 bits per heavy atom. The predicted molar refractivity (Wildman–Crippen MR) is 141 cm³/mol. The van der Waals surface area contributed by atoms with Gasteiger partial charge in [-0.2, -0.15) is 0 Å². The number of hydrogen-bond acceptors (Lipinski definition) is 3. The molecule has 0 aliphatic rings. The highest BCUT2D eigenvalue weighted by Gasteiger charge is 2.15. The average Bonchev–Trinajstić information content (AvgIpc) is 2.77. The summed E-state index contributed by atoms with van der Waals surface area (Å²) in [4.78, 5) is 13.0. The Morgan fingerprint density at radius 2 is 1.67 bits per heavy atom. The van der Waals surface area contributed by atoms with Crippen LogP contribution in [0.25, 0.3) is 0 Å². The van der Waals surface area contributed by atoms with Crippen molar-refractivity contribution in [2.24, 2.45) is 0 Å². The van der Waals surface area contributed by atoms with Crippen molar-refractivity contribution in [1.82, 2.24) is 5.32 Å². The average molecular weight is 461 g/mol. The predicted octanol–water partition coefficient (Wildman–Crippen LogP) is 6.28. The molecule has 3 aromatic carbocycles. The van der Waals surface area contributed by atoms with Gasteiger partial charge in [-0.3, -0.25) is 4.79 Å². The van der Waals surface area contributed by atoms with Gasteiger partial charge in [0.15, 0.2) is 10.9 Å². The fraction of sp³-hybridized carbons (Fsp3) is 0.286. The molecule has 0 aliphatic carbocycles. The fourth-order valence-corrected chi connectivity index (χ4v) is 3.71. The van der Waals surface area contributed by atoms with Crippen LogP contribution in [0.5, 0.6) is 5.75 Å². The number of para-hydroxylation sites is 1. The van der Waals surface area contributed by atoms with Crippen LogP contribution in [0.3, 0.4) is 0 Å². The number of nitrogens with one attached hydrogen (secondary N) is 2. The minimum Gasteiger partial charge on any atom is -0.491 e. The van der Waals surface area contributed by atoms with Crippen LogP contribution in [0.4, 0.5) is 5.69 Å². The number of carbonyl (C=O) groups is 1. The molecule has 0 saturated heterocycles. The summed E-state index contributed by atoms with van der Waals surface area (Å²) in [6, 6.07) is 23.2. The number of benzene rings is 3. The quantitative estimate of drug-likeness (QED) is 0.321.